The van der Waals surface area contributed by atoms with E-state index in [1.165, 1.54) is 7.11 Å². The van der Waals surface area contributed by atoms with Gasteiger partial charge in [-0.15, -0.1) is 0 Å². The largest absolute Gasteiger partial charge is 0.453 e. The van der Waals surface area contributed by atoms with Crippen molar-refractivity contribution in [3.8, 4) is 0 Å². The second-order valence-corrected chi connectivity index (χ2v) is 2.96. The van der Waals surface area contributed by atoms with E-state index < -0.39 is 6.09 Å². The summed E-state index contributed by atoms with van der Waals surface area (Å²) in [6, 6.07) is 8.96. The molecule has 1 aromatic carbocycles. The average Bonchev–Trinajstić information content (AvgIpc) is 2.29. The molecule has 0 fully saturated rings. The van der Waals surface area contributed by atoms with E-state index in [9.17, 15) is 9.59 Å². The molecule has 0 aliphatic heterocycles. The van der Waals surface area contributed by atoms with Crippen LogP contribution in [-0.4, -0.2) is 25.5 Å². The summed E-state index contributed by atoms with van der Waals surface area (Å²) in [7, 11) is 1.29. The fourth-order valence-corrected chi connectivity index (χ4v) is 1.12. The minimum atomic E-state index is -0.518. The third-order valence-corrected chi connectivity index (χ3v) is 1.90. The summed E-state index contributed by atoms with van der Waals surface area (Å²) in [4.78, 5) is 22.2. The van der Waals surface area contributed by atoms with E-state index in [4.69, 9.17) is 0 Å². The van der Waals surface area contributed by atoms with Gasteiger partial charge in [0.05, 0.1) is 7.11 Å². The van der Waals surface area contributed by atoms with Crippen molar-refractivity contribution in [2.75, 3.05) is 13.7 Å². The summed E-state index contributed by atoms with van der Waals surface area (Å²) < 4.78 is 4.38. The van der Waals surface area contributed by atoms with Crippen molar-refractivity contribution < 1.29 is 14.3 Å². The van der Waals surface area contributed by atoms with Gasteiger partial charge in [-0.1, -0.05) is 30.3 Å². The van der Waals surface area contributed by atoms with Gasteiger partial charge in [0.2, 0.25) is 0 Å². The Morgan fingerprint density at radius 3 is 2.53 bits per heavy atom. The fraction of sp³-hybridized carbons (Fsp3) is 0.273. The second-order valence-electron chi connectivity index (χ2n) is 2.96. The van der Waals surface area contributed by atoms with Crippen LogP contribution in [0.4, 0.5) is 4.79 Å². The SMILES string of the molecule is COC(=O)NCCC(=O)c1ccccc1. The van der Waals surface area contributed by atoms with Crippen LogP contribution in [0, 0.1) is 0 Å². The molecule has 0 unspecified atom stereocenters. The molecule has 4 nitrogen and oxygen atoms in total. The zero-order valence-electron chi connectivity index (χ0n) is 8.53. The van der Waals surface area contributed by atoms with Crippen molar-refractivity contribution in [1.29, 1.82) is 0 Å². The van der Waals surface area contributed by atoms with E-state index in [0.29, 0.717) is 12.1 Å². The summed E-state index contributed by atoms with van der Waals surface area (Å²) in [6.07, 6.45) is -0.241. The monoisotopic (exact) mass is 207 g/mol. The predicted molar refractivity (Wildman–Crippen MR) is 55.8 cm³/mol. The Morgan fingerprint density at radius 1 is 1.27 bits per heavy atom. The van der Waals surface area contributed by atoms with E-state index in [1.807, 2.05) is 6.07 Å². The number of ether oxygens (including phenoxy) is 1. The van der Waals surface area contributed by atoms with E-state index in [2.05, 4.69) is 10.1 Å². The summed E-state index contributed by atoms with van der Waals surface area (Å²) in [5.74, 6) is 0.00648. The summed E-state index contributed by atoms with van der Waals surface area (Å²) >= 11 is 0. The lowest BCUT2D eigenvalue weighted by Gasteiger charge is -2.02. The molecule has 1 amide bonds. The number of alkyl carbamates (subject to hydrolysis) is 1. The van der Waals surface area contributed by atoms with Gasteiger partial charge in [-0.2, -0.15) is 0 Å². The van der Waals surface area contributed by atoms with Gasteiger partial charge in [0.25, 0.3) is 0 Å². The third-order valence-electron chi connectivity index (χ3n) is 1.90. The molecule has 0 heterocycles. The maximum atomic E-state index is 11.5. The molecule has 1 rings (SSSR count). The Bertz CT molecular complexity index is 335. The molecule has 0 bridgehead atoms. The zero-order valence-corrected chi connectivity index (χ0v) is 8.53. The maximum Gasteiger partial charge on any atom is 0.406 e. The molecule has 0 aromatic heterocycles. The Hall–Kier alpha value is -1.84. The summed E-state index contributed by atoms with van der Waals surface area (Å²) in [5.41, 5.74) is 0.657. The molecule has 4 heteroatoms. The molecule has 0 spiro atoms. The first-order chi connectivity index (χ1) is 7.24. The smallest absolute Gasteiger partial charge is 0.406 e. The number of hydrogen-bond acceptors (Lipinski definition) is 3. The lowest BCUT2D eigenvalue weighted by Crippen LogP contribution is -2.25. The number of carbonyl (C=O) groups is 2. The molecular formula is C11H13NO3. The molecule has 1 aromatic rings. The molecule has 0 saturated carbocycles. The first kappa shape index (κ1) is 11.2. The molecule has 0 atom stereocenters. The topological polar surface area (TPSA) is 55.4 Å². The first-order valence-corrected chi connectivity index (χ1v) is 4.64. The number of Topliss-reactive ketones (excluding diaryl/α,β-unsaturated/α-hetero) is 1. The third kappa shape index (κ3) is 3.81. The maximum absolute atomic E-state index is 11.5. The van der Waals surface area contributed by atoms with Gasteiger partial charge in [-0.3, -0.25) is 4.79 Å². The van der Waals surface area contributed by atoms with Crippen LogP contribution < -0.4 is 5.32 Å². The van der Waals surface area contributed by atoms with Gasteiger partial charge < -0.3 is 10.1 Å². The summed E-state index contributed by atoms with van der Waals surface area (Å²) in [5, 5.41) is 2.45. The second kappa shape index (κ2) is 5.80. The Labute approximate surface area is 88.2 Å². The van der Waals surface area contributed by atoms with Crippen molar-refractivity contribution in [3.05, 3.63) is 35.9 Å². The van der Waals surface area contributed by atoms with Crippen molar-refractivity contribution in [1.82, 2.24) is 5.32 Å². The Balaban J connectivity index is 2.34. The first-order valence-electron chi connectivity index (χ1n) is 4.64. The Morgan fingerprint density at radius 2 is 1.93 bits per heavy atom. The van der Waals surface area contributed by atoms with Gasteiger partial charge in [0.1, 0.15) is 0 Å². The van der Waals surface area contributed by atoms with Crippen molar-refractivity contribution in [3.63, 3.8) is 0 Å². The lowest BCUT2D eigenvalue weighted by atomic mass is 10.1. The highest BCUT2D eigenvalue weighted by Crippen LogP contribution is 2.01. The van der Waals surface area contributed by atoms with Gasteiger partial charge in [-0.25, -0.2) is 4.79 Å². The molecule has 80 valence electrons. The summed E-state index contributed by atoms with van der Waals surface area (Å²) in [6.45, 7) is 0.292. The number of nitrogens with one attached hydrogen (secondary N) is 1. The quantitative estimate of drug-likeness (QED) is 0.763. The van der Waals surface area contributed by atoms with Gasteiger partial charge in [0.15, 0.2) is 5.78 Å². The van der Waals surface area contributed by atoms with Crippen LogP contribution in [0.3, 0.4) is 0 Å². The lowest BCUT2D eigenvalue weighted by molar-refractivity contribution is 0.0982. The van der Waals surface area contributed by atoms with Gasteiger partial charge >= 0.3 is 6.09 Å². The van der Waals surface area contributed by atoms with Crippen molar-refractivity contribution in [2.45, 2.75) is 6.42 Å². The normalized spacial score (nSPS) is 9.40. The molecule has 0 saturated heterocycles. The minimum absolute atomic E-state index is 0.00648. The standard InChI is InChI=1S/C11H13NO3/c1-15-11(14)12-8-7-10(13)9-5-3-2-4-6-9/h2-6H,7-8H2,1H3,(H,12,14). The van der Waals surface area contributed by atoms with Crippen LogP contribution in [0.25, 0.3) is 0 Å². The molecule has 0 aliphatic rings. The van der Waals surface area contributed by atoms with Crippen LogP contribution in [0.2, 0.25) is 0 Å². The van der Waals surface area contributed by atoms with Crippen molar-refractivity contribution in [2.24, 2.45) is 0 Å². The zero-order chi connectivity index (χ0) is 11.1. The predicted octanol–water partition coefficient (Wildman–Crippen LogP) is 1.62. The number of methoxy groups -OCH3 is 1. The van der Waals surface area contributed by atoms with Crippen molar-refractivity contribution >= 4 is 11.9 Å². The van der Waals surface area contributed by atoms with E-state index in [1.54, 1.807) is 24.3 Å². The number of benzene rings is 1. The van der Waals surface area contributed by atoms with E-state index >= 15 is 0 Å². The van der Waals surface area contributed by atoms with E-state index in [-0.39, 0.29) is 12.2 Å². The minimum Gasteiger partial charge on any atom is -0.453 e. The highest BCUT2D eigenvalue weighted by atomic mass is 16.5. The molecule has 1 N–H and O–H groups in total. The van der Waals surface area contributed by atoms with Crippen LogP contribution in [-0.2, 0) is 4.74 Å². The van der Waals surface area contributed by atoms with Crippen LogP contribution in [0.5, 0.6) is 0 Å². The van der Waals surface area contributed by atoms with Gasteiger partial charge in [-0.05, 0) is 0 Å². The van der Waals surface area contributed by atoms with E-state index in [0.717, 1.165) is 0 Å². The number of amides is 1. The number of carbonyl (C=O) groups excluding carboxylic acids is 2. The molecule has 0 radical (unpaired) electrons. The highest BCUT2D eigenvalue weighted by Gasteiger charge is 2.05. The molecule has 15 heavy (non-hydrogen) atoms. The highest BCUT2D eigenvalue weighted by molar-refractivity contribution is 5.96. The molecular weight excluding hydrogens is 194 g/mol. The fourth-order valence-electron chi connectivity index (χ4n) is 1.12. The number of ketones is 1. The number of rotatable bonds is 4. The molecule has 0 aliphatic carbocycles. The van der Waals surface area contributed by atoms with Gasteiger partial charge in [0, 0.05) is 18.5 Å². The Kier molecular flexibility index (Phi) is 4.34. The number of hydrogen-bond donors (Lipinski definition) is 1. The average molecular weight is 207 g/mol. The van der Waals surface area contributed by atoms with Crippen LogP contribution >= 0.6 is 0 Å². The van der Waals surface area contributed by atoms with Crippen LogP contribution in [0.15, 0.2) is 30.3 Å². The van der Waals surface area contributed by atoms with Crippen LogP contribution in [0.1, 0.15) is 16.8 Å².